The van der Waals surface area contributed by atoms with Crippen molar-refractivity contribution >= 4 is 66.7 Å². The molecular formula is C27H28BrCl2N3O4S. The minimum absolute atomic E-state index is 0.0841. The molecule has 0 radical (unpaired) electrons. The normalized spacial score (nSPS) is 12.0. The Morgan fingerprint density at radius 2 is 1.58 bits per heavy atom. The largest absolute Gasteiger partial charge is 0.355 e. The molecule has 0 saturated heterocycles. The van der Waals surface area contributed by atoms with Crippen LogP contribution in [0.3, 0.4) is 0 Å². The number of halogens is 3. The highest BCUT2D eigenvalue weighted by Gasteiger charge is 2.33. The summed E-state index contributed by atoms with van der Waals surface area (Å²) in [4.78, 5) is 28.7. The fourth-order valence-electron chi connectivity index (χ4n) is 3.97. The third-order valence-electron chi connectivity index (χ3n) is 5.68. The molecule has 0 fully saturated rings. The Hall–Kier alpha value is -2.59. The zero-order valence-corrected chi connectivity index (χ0v) is 24.8. The Morgan fingerprint density at radius 1 is 0.947 bits per heavy atom. The molecule has 0 spiro atoms. The molecule has 11 heteroatoms. The van der Waals surface area contributed by atoms with Gasteiger partial charge in [0.1, 0.15) is 12.6 Å². The molecule has 1 unspecified atom stereocenters. The molecule has 0 aromatic heterocycles. The number of rotatable bonds is 11. The topological polar surface area (TPSA) is 86.8 Å². The van der Waals surface area contributed by atoms with Gasteiger partial charge in [0, 0.05) is 34.0 Å². The fraction of sp³-hybridized carbons (Fsp3) is 0.259. The number of carbonyl (C=O) groups excluding carboxylic acids is 2. The molecule has 0 aliphatic carbocycles. The lowest BCUT2D eigenvalue weighted by atomic mass is 10.0. The van der Waals surface area contributed by atoms with Gasteiger partial charge in [-0.3, -0.25) is 13.9 Å². The summed E-state index contributed by atoms with van der Waals surface area (Å²) in [7, 11) is -3.91. The summed E-state index contributed by atoms with van der Waals surface area (Å²) in [5.41, 5.74) is 1.78. The molecule has 1 N–H and O–H groups in total. The van der Waals surface area contributed by atoms with Crippen LogP contribution in [0.25, 0.3) is 0 Å². The molecule has 0 aliphatic heterocycles. The number of sulfonamides is 1. The van der Waals surface area contributed by atoms with E-state index in [9.17, 15) is 18.0 Å². The fourth-order valence-corrected chi connectivity index (χ4v) is 5.77. The first-order valence-corrected chi connectivity index (χ1v) is 15.2. The van der Waals surface area contributed by atoms with Gasteiger partial charge in [-0.15, -0.1) is 0 Å². The molecule has 202 valence electrons. The molecule has 0 bridgehead atoms. The summed E-state index contributed by atoms with van der Waals surface area (Å²) >= 11 is 15.7. The SMILES string of the molecule is CCNC(=O)C(Cc1ccccc1)N(Cc1cccc(Br)c1)C(=O)CN(c1cc(Cl)cc(Cl)c1)S(C)(=O)=O. The van der Waals surface area contributed by atoms with Crippen molar-refractivity contribution in [2.75, 3.05) is 23.7 Å². The van der Waals surface area contributed by atoms with Crippen LogP contribution in [0.15, 0.2) is 77.3 Å². The predicted octanol–water partition coefficient (Wildman–Crippen LogP) is 5.30. The van der Waals surface area contributed by atoms with Crippen LogP contribution in [0, 0.1) is 0 Å². The number of anilines is 1. The first-order chi connectivity index (χ1) is 18.0. The molecule has 3 aromatic rings. The second kappa shape index (κ2) is 13.5. The van der Waals surface area contributed by atoms with E-state index in [2.05, 4.69) is 21.2 Å². The summed E-state index contributed by atoms with van der Waals surface area (Å²) < 4.78 is 27.3. The minimum atomic E-state index is -3.91. The van der Waals surface area contributed by atoms with Crippen molar-refractivity contribution in [3.63, 3.8) is 0 Å². The third-order valence-corrected chi connectivity index (χ3v) is 7.75. The first kappa shape index (κ1) is 30.0. The van der Waals surface area contributed by atoms with Gasteiger partial charge in [-0.1, -0.05) is 81.6 Å². The summed E-state index contributed by atoms with van der Waals surface area (Å²) in [6.45, 7) is 1.71. The maximum absolute atomic E-state index is 13.9. The average Bonchev–Trinajstić information content (AvgIpc) is 2.84. The van der Waals surface area contributed by atoms with E-state index in [-0.39, 0.29) is 34.6 Å². The summed E-state index contributed by atoms with van der Waals surface area (Å²) in [5.74, 6) is -0.893. The molecule has 0 heterocycles. The van der Waals surface area contributed by atoms with E-state index < -0.39 is 28.5 Å². The average molecular weight is 641 g/mol. The lowest BCUT2D eigenvalue weighted by Gasteiger charge is -2.33. The van der Waals surface area contributed by atoms with Crippen molar-refractivity contribution in [3.8, 4) is 0 Å². The van der Waals surface area contributed by atoms with Crippen molar-refractivity contribution in [2.45, 2.75) is 25.9 Å². The van der Waals surface area contributed by atoms with Gasteiger partial charge in [-0.25, -0.2) is 8.42 Å². The number of hydrogen-bond acceptors (Lipinski definition) is 4. The lowest BCUT2D eigenvalue weighted by molar-refractivity contribution is -0.140. The van der Waals surface area contributed by atoms with Gasteiger partial charge in [0.25, 0.3) is 0 Å². The van der Waals surface area contributed by atoms with Crippen LogP contribution < -0.4 is 9.62 Å². The minimum Gasteiger partial charge on any atom is -0.355 e. The second-order valence-corrected chi connectivity index (χ2v) is 12.3. The lowest BCUT2D eigenvalue weighted by Crippen LogP contribution is -2.53. The van der Waals surface area contributed by atoms with Gasteiger partial charge in [0.05, 0.1) is 11.9 Å². The van der Waals surface area contributed by atoms with Gasteiger partial charge >= 0.3 is 0 Å². The van der Waals surface area contributed by atoms with Crippen LogP contribution >= 0.6 is 39.1 Å². The van der Waals surface area contributed by atoms with Crippen molar-refractivity contribution in [3.05, 3.63) is 98.4 Å². The molecule has 3 aromatic carbocycles. The zero-order chi connectivity index (χ0) is 27.9. The Bertz CT molecular complexity index is 1370. The van der Waals surface area contributed by atoms with Crippen molar-refractivity contribution < 1.29 is 18.0 Å². The van der Waals surface area contributed by atoms with E-state index in [1.54, 1.807) is 6.92 Å². The van der Waals surface area contributed by atoms with E-state index in [0.29, 0.717) is 6.54 Å². The van der Waals surface area contributed by atoms with E-state index >= 15 is 0 Å². The van der Waals surface area contributed by atoms with E-state index in [0.717, 1.165) is 26.2 Å². The molecule has 1 atom stereocenters. The summed E-state index contributed by atoms with van der Waals surface area (Å²) in [5, 5.41) is 3.27. The summed E-state index contributed by atoms with van der Waals surface area (Å²) in [6.07, 6.45) is 1.24. The van der Waals surface area contributed by atoms with Crippen LogP contribution in [0.1, 0.15) is 18.1 Å². The number of nitrogens with zero attached hydrogens (tertiary/aromatic N) is 2. The van der Waals surface area contributed by atoms with Crippen molar-refractivity contribution in [1.82, 2.24) is 10.2 Å². The first-order valence-electron chi connectivity index (χ1n) is 11.8. The quantitative estimate of drug-likeness (QED) is 0.308. The Morgan fingerprint density at radius 3 is 2.16 bits per heavy atom. The highest BCUT2D eigenvalue weighted by Crippen LogP contribution is 2.27. The molecule has 38 heavy (non-hydrogen) atoms. The number of likely N-dealkylation sites (N-methyl/N-ethyl adjacent to an activating group) is 1. The maximum atomic E-state index is 13.9. The molecule has 2 amide bonds. The van der Waals surface area contributed by atoms with Gasteiger partial charge < -0.3 is 10.2 Å². The van der Waals surface area contributed by atoms with Gasteiger partial charge in [-0.2, -0.15) is 0 Å². The van der Waals surface area contributed by atoms with Gasteiger partial charge in [-0.05, 0) is 48.4 Å². The summed E-state index contributed by atoms with van der Waals surface area (Å²) in [6, 6.07) is 20.1. The van der Waals surface area contributed by atoms with Crippen LogP contribution in [0.4, 0.5) is 5.69 Å². The number of hydrogen-bond donors (Lipinski definition) is 1. The number of amides is 2. The maximum Gasteiger partial charge on any atom is 0.244 e. The smallest absolute Gasteiger partial charge is 0.244 e. The van der Waals surface area contributed by atoms with E-state index in [1.807, 2.05) is 54.6 Å². The number of carbonyl (C=O) groups is 2. The number of nitrogens with one attached hydrogen (secondary N) is 1. The van der Waals surface area contributed by atoms with E-state index in [1.165, 1.54) is 23.1 Å². The number of benzene rings is 3. The highest BCUT2D eigenvalue weighted by molar-refractivity contribution is 9.10. The molecular weight excluding hydrogens is 613 g/mol. The standard InChI is InChI=1S/C27H28BrCl2N3O4S/c1-3-31-27(35)25(13-19-8-5-4-6-9-19)32(17-20-10-7-11-21(28)12-20)26(34)18-33(38(2,36)37)24-15-22(29)14-23(30)16-24/h4-12,14-16,25H,3,13,17-18H2,1-2H3,(H,31,35). The van der Waals surface area contributed by atoms with Crippen LogP contribution in [0.2, 0.25) is 10.0 Å². The van der Waals surface area contributed by atoms with E-state index in [4.69, 9.17) is 23.2 Å². The van der Waals surface area contributed by atoms with Gasteiger partial charge in [0.15, 0.2) is 0 Å². The highest BCUT2D eigenvalue weighted by atomic mass is 79.9. The third kappa shape index (κ3) is 8.46. The molecule has 0 saturated carbocycles. The van der Waals surface area contributed by atoms with Gasteiger partial charge in [0.2, 0.25) is 21.8 Å². The van der Waals surface area contributed by atoms with Crippen LogP contribution in [0.5, 0.6) is 0 Å². The van der Waals surface area contributed by atoms with Crippen molar-refractivity contribution in [1.29, 1.82) is 0 Å². The Kier molecular flexibility index (Phi) is 10.6. The Balaban J connectivity index is 2.06. The monoisotopic (exact) mass is 639 g/mol. The van der Waals surface area contributed by atoms with Crippen molar-refractivity contribution in [2.24, 2.45) is 0 Å². The molecule has 0 aliphatic rings. The second-order valence-electron chi connectivity index (χ2n) is 8.65. The molecule has 7 nitrogen and oxygen atoms in total. The molecule has 3 rings (SSSR count). The zero-order valence-electron chi connectivity index (χ0n) is 20.9. The Labute approximate surface area is 241 Å². The van der Waals surface area contributed by atoms with Crippen LogP contribution in [-0.4, -0.2) is 50.5 Å². The van der Waals surface area contributed by atoms with Crippen LogP contribution in [-0.2, 0) is 32.6 Å². The predicted molar refractivity (Wildman–Crippen MR) is 156 cm³/mol.